The number of hydrogen-bond donors (Lipinski definition) is 1. The van der Waals surface area contributed by atoms with Crippen molar-refractivity contribution in [1.29, 1.82) is 0 Å². The maximum atomic E-state index is 4.87. The van der Waals surface area contributed by atoms with Gasteiger partial charge in [0.05, 0.1) is 6.04 Å². The van der Waals surface area contributed by atoms with Gasteiger partial charge in [-0.15, -0.1) is 0 Å². The molecular formula is C14H24N2S. The minimum Gasteiger partial charge on any atom is -0.359 e. The molecule has 1 atom stereocenters. The van der Waals surface area contributed by atoms with E-state index in [0.717, 1.165) is 5.92 Å². The molecule has 0 aromatic carbocycles. The molecule has 0 amide bonds. The van der Waals surface area contributed by atoms with Crippen LogP contribution in [0.15, 0.2) is 4.99 Å². The average molecular weight is 252 g/mol. The number of nitrogens with one attached hydrogen (secondary N) is 1. The molecule has 1 aliphatic heterocycles. The summed E-state index contributed by atoms with van der Waals surface area (Å²) in [6.07, 6.45) is 11.1. The molecule has 3 aliphatic rings. The molecule has 0 aromatic heterocycles. The standard InChI is InChI=1S/C14H24N2S/c1-11(9-12-5-6-12)15-13-16-14(10-17-13)7-3-2-4-8-14/h11-12H,2-10H2,1H3,(H,15,16). The van der Waals surface area contributed by atoms with Gasteiger partial charge in [-0.2, -0.15) is 0 Å². The lowest BCUT2D eigenvalue weighted by atomic mass is 9.83. The van der Waals surface area contributed by atoms with Gasteiger partial charge in [-0.25, -0.2) is 0 Å². The highest BCUT2D eigenvalue weighted by Gasteiger charge is 2.38. The molecule has 2 nitrogen and oxygen atoms in total. The molecule has 3 rings (SSSR count). The van der Waals surface area contributed by atoms with Gasteiger partial charge in [0.15, 0.2) is 5.17 Å². The van der Waals surface area contributed by atoms with E-state index in [1.165, 1.54) is 62.3 Å². The van der Waals surface area contributed by atoms with Gasteiger partial charge in [-0.1, -0.05) is 43.9 Å². The minimum atomic E-state index is 0.418. The van der Waals surface area contributed by atoms with Crippen molar-refractivity contribution in [2.24, 2.45) is 10.9 Å². The predicted octanol–water partition coefficient (Wildman–Crippen LogP) is 3.57. The summed E-state index contributed by atoms with van der Waals surface area (Å²) in [5.74, 6) is 2.24. The molecule has 2 saturated carbocycles. The summed E-state index contributed by atoms with van der Waals surface area (Å²) in [4.78, 5) is 4.87. The van der Waals surface area contributed by atoms with Gasteiger partial charge in [-0.3, -0.25) is 4.99 Å². The molecule has 3 fully saturated rings. The fourth-order valence-corrected chi connectivity index (χ4v) is 4.48. The van der Waals surface area contributed by atoms with Crippen LogP contribution in [0.3, 0.4) is 0 Å². The van der Waals surface area contributed by atoms with E-state index in [1.807, 2.05) is 11.8 Å². The van der Waals surface area contributed by atoms with E-state index < -0.39 is 0 Å². The van der Waals surface area contributed by atoms with Crippen LogP contribution in [0.2, 0.25) is 0 Å². The van der Waals surface area contributed by atoms with Gasteiger partial charge in [0.1, 0.15) is 0 Å². The second-order valence-electron chi connectivity index (χ2n) is 6.22. The fourth-order valence-electron chi connectivity index (χ4n) is 3.16. The summed E-state index contributed by atoms with van der Waals surface area (Å²) in [7, 11) is 0. The second kappa shape index (κ2) is 4.83. The van der Waals surface area contributed by atoms with Crippen molar-refractivity contribution in [3.05, 3.63) is 0 Å². The van der Waals surface area contributed by atoms with E-state index in [9.17, 15) is 0 Å². The Balaban J connectivity index is 1.56. The van der Waals surface area contributed by atoms with E-state index in [4.69, 9.17) is 4.99 Å². The quantitative estimate of drug-likeness (QED) is 0.830. The van der Waals surface area contributed by atoms with Crippen LogP contribution >= 0.6 is 11.8 Å². The number of nitrogens with zero attached hydrogens (tertiary/aromatic N) is 1. The minimum absolute atomic E-state index is 0.418. The molecular weight excluding hydrogens is 228 g/mol. The van der Waals surface area contributed by atoms with E-state index in [2.05, 4.69) is 12.2 Å². The van der Waals surface area contributed by atoms with Crippen molar-refractivity contribution in [1.82, 2.24) is 5.32 Å². The smallest absolute Gasteiger partial charge is 0.157 e. The summed E-state index contributed by atoms with van der Waals surface area (Å²) in [5.41, 5.74) is 0.418. The summed E-state index contributed by atoms with van der Waals surface area (Å²) < 4.78 is 0. The van der Waals surface area contributed by atoms with Crippen LogP contribution in [0.25, 0.3) is 0 Å². The van der Waals surface area contributed by atoms with Gasteiger partial charge < -0.3 is 5.32 Å². The van der Waals surface area contributed by atoms with Crippen LogP contribution in [0.4, 0.5) is 0 Å². The molecule has 1 heterocycles. The SMILES string of the molecule is CC(CC1CC1)N=C1NC2(CCCCC2)CS1. The first kappa shape index (κ1) is 11.9. The molecule has 2 aliphatic carbocycles. The Morgan fingerprint density at radius 3 is 2.82 bits per heavy atom. The lowest BCUT2D eigenvalue weighted by molar-refractivity contribution is 0.303. The number of aliphatic imine (C=N–C) groups is 1. The number of rotatable bonds is 3. The van der Waals surface area contributed by atoms with E-state index in [-0.39, 0.29) is 0 Å². The highest BCUT2D eigenvalue weighted by molar-refractivity contribution is 8.14. The molecule has 1 N–H and O–H groups in total. The Morgan fingerprint density at radius 2 is 2.12 bits per heavy atom. The van der Waals surface area contributed by atoms with Gasteiger partial charge in [0.25, 0.3) is 0 Å². The van der Waals surface area contributed by atoms with Crippen molar-refractivity contribution in [3.8, 4) is 0 Å². The zero-order valence-electron chi connectivity index (χ0n) is 10.9. The van der Waals surface area contributed by atoms with Crippen LogP contribution in [0.5, 0.6) is 0 Å². The number of hydrogen-bond acceptors (Lipinski definition) is 2. The highest BCUT2D eigenvalue weighted by atomic mass is 32.2. The van der Waals surface area contributed by atoms with Crippen LogP contribution in [-0.4, -0.2) is 22.5 Å². The Labute approximate surface area is 109 Å². The highest BCUT2D eigenvalue weighted by Crippen LogP contribution is 2.37. The monoisotopic (exact) mass is 252 g/mol. The Kier molecular flexibility index (Phi) is 3.38. The Bertz CT molecular complexity index is 303. The topological polar surface area (TPSA) is 24.4 Å². The molecule has 96 valence electrons. The zero-order chi connectivity index (χ0) is 11.7. The first-order valence-electron chi connectivity index (χ1n) is 7.25. The molecule has 0 bridgehead atoms. The summed E-state index contributed by atoms with van der Waals surface area (Å²) in [5, 5.41) is 4.98. The normalized spacial score (nSPS) is 31.7. The molecule has 3 heteroatoms. The van der Waals surface area contributed by atoms with E-state index in [0.29, 0.717) is 11.6 Å². The molecule has 0 aromatic rings. The van der Waals surface area contributed by atoms with Gasteiger partial charge in [0, 0.05) is 11.3 Å². The van der Waals surface area contributed by atoms with Gasteiger partial charge in [-0.05, 0) is 32.1 Å². The van der Waals surface area contributed by atoms with Gasteiger partial charge in [0.2, 0.25) is 0 Å². The zero-order valence-corrected chi connectivity index (χ0v) is 11.7. The van der Waals surface area contributed by atoms with E-state index >= 15 is 0 Å². The second-order valence-corrected chi connectivity index (χ2v) is 7.18. The van der Waals surface area contributed by atoms with Crippen molar-refractivity contribution in [2.45, 2.75) is 69.9 Å². The predicted molar refractivity (Wildman–Crippen MR) is 75.6 cm³/mol. The maximum Gasteiger partial charge on any atom is 0.157 e. The molecule has 1 unspecified atom stereocenters. The first-order chi connectivity index (χ1) is 8.26. The third-order valence-corrected chi connectivity index (χ3v) is 5.55. The van der Waals surface area contributed by atoms with Crippen molar-refractivity contribution in [2.75, 3.05) is 5.75 Å². The molecule has 0 radical (unpaired) electrons. The van der Waals surface area contributed by atoms with Crippen LogP contribution in [-0.2, 0) is 0 Å². The summed E-state index contributed by atoms with van der Waals surface area (Å²) in [6.45, 7) is 2.28. The molecule has 17 heavy (non-hydrogen) atoms. The third kappa shape index (κ3) is 2.98. The van der Waals surface area contributed by atoms with Crippen molar-refractivity contribution < 1.29 is 0 Å². The van der Waals surface area contributed by atoms with Crippen molar-refractivity contribution >= 4 is 16.9 Å². The first-order valence-corrected chi connectivity index (χ1v) is 8.23. The van der Waals surface area contributed by atoms with Crippen LogP contribution in [0, 0.1) is 5.92 Å². The molecule has 1 saturated heterocycles. The summed E-state index contributed by atoms with van der Waals surface area (Å²) in [6, 6.07) is 0.524. The van der Waals surface area contributed by atoms with Crippen molar-refractivity contribution in [3.63, 3.8) is 0 Å². The Morgan fingerprint density at radius 1 is 1.35 bits per heavy atom. The lowest BCUT2D eigenvalue weighted by Gasteiger charge is -2.32. The lowest BCUT2D eigenvalue weighted by Crippen LogP contribution is -2.45. The average Bonchev–Trinajstić information content (AvgIpc) is 3.04. The largest absolute Gasteiger partial charge is 0.359 e. The third-order valence-electron chi connectivity index (χ3n) is 4.38. The van der Waals surface area contributed by atoms with Crippen LogP contribution < -0.4 is 5.32 Å². The van der Waals surface area contributed by atoms with Crippen LogP contribution in [0.1, 0.15) is 58.3 Å². The number of thioether (sulfide) groups is 1. The molecule has 1 spiro atoms. The Hall–Kier alpha value is -0.180. The number of amidine groups is 1. The van der Waals surface area contributed by atoms with Gasteiger partial charge >= 0.3 is 0 Å². The van der Waals surface area contributed by atoms with E-state index in [1.54, 1.807) is 0 Å². The fraction of sp³-hybridized carbons (Fsp3) is 0.929. The maximum absolute atomic E-state index is 4.87. The summed E-state index contributed by atoms with van der Waals surface area (Å²) >= 11 is 1.96.